The number of rotatable bonds is 0. The van der Waals surface area contributed by atoms with Gasteiger partial charge in [-0.2, -0.15) is 0 Å². The summed E-state index contributed by atoms with van der Waals surface area (Å²) in [5.74, 6) is 2.56. The van der Waals surface area contributed by atoms with Crippen LogP contribution in [0.1, 0.15) is 51.1 Å². The van der Waals surface area contributed by atoms with E-state index in [4.69, 9.17) is 10.5 Å². The zero-order valence-electron chi connectivity index (χ0n) is 11.4. The average Bonchev–Trinajstić information content (AvgIpc) is 2.35. The van der Waals surface area contributed by atoms with Gasteiger partial charge in [0, 0.05) is 18.0 Å². The number of hydrogen-bond acceptors (Lipinski definition) is 2. The molecule has 1 aliphatic heterocycles. The van der Waals surface area contributed by atoms with Crippen molar-refractivity contribution in [3.8, 4) is 5.75 Å². The zero-order chi connectivity index (χ0) is 12.8. The van der Waals surface area contributed by atoms with Crippen molar-refractivity contribution in [1.82, 2.24) is 0 Å². The van der Waals surface area contributed by atoms with Gasteiger partial charge in [-0.25, -0.2) is 0 Å². The lowest BCUT2D eigenvalue weighted by atomic mass is 9.69. The molecule has 2 aliphatic rings. The van der Waals surface area contributed by atoms with E-state index in [2.05, 4.69) is 26.0 Å². The summed E-state index contributed by atoms with van der Waals surface area (Å²) in [5.41, 5.74) is 7.53. The number of fused-ring (bicyclic) bond motifs is 1. The lowest BCUT2D eigenvalue weighted by Gasteiger charge is -2.47. The van der Waals surface area contributed by atoms with Gasteiger partial charge >= 0.3 is 0 Å². The molecular formula is C16H23NO. The van der Waals surface area contributed by atoms with Crippen molar-refractivity contribution >= 4 is 0 Å². The van der Waals surface area contributed by atoms with E-state index in [1.54, 1.807) is 0 Å². The maximum Gasteiger partial charge on any atom is 0.124 e. The Labute approximate surface area is 110 Å². The van der Waals surface area contributed by atoms with Crippen molar-refractivity contribution in [2.75, 3.05) is 0 Å². The van der Waals surface area contributed by atoms with Crippen LogP contribution in [-0.2, 0) is 0 Å². The minimum absolute atomic E-state index is 0.000301. The first kappa shape index (κ1) is 12.0. The Balaban J connectivity index is 1.89. The van der Waals surface area contributed by atoms with Gasteiger partial charge in [-0.1, -0.05) is 32.0 Å². The van der Waals surface area contributed by atoms with Crippen LogP contribution in [0.2, 0.25) is 0 Å². The van der Waals surface area contributed by atoms with E-state index in [-0.39, 0.29) is 11.6 Å². The Hall–Kier alpha value is -1.02. The molecule has 0 bridgehead atoms. The lowest BCUT2D eigenvalue weighted by Crippen LogP contribution is -2.47. The molecule has 2 nitrogen and oxygen atoms in total. The highest BCUT2D eigenvalue weighted by Gasteiger charge is 2.44. The summed E-state index contributed by atoms with van der Waals surface area (Å²) in [6.45, 7) is 4.70. The predicted molar refractivity (Wildman–Crippen MR) is 73.5 cm³/mol. The van der Waals surface area contributed by atoms with Crippen LogP contribution in [0.5, 0.6) is 5.75 Å². The summed E-state index contributed by atoms with van der Waals surface area (Å²) in [5, 5.41) is 0. The van der Waals surface area contributed by atoms with Crippen LogP contribution in [0.15, 0.2) is 24.3 Å². The molecule has 1 aromatic carbocycles. The molecule has 4 atom stereocenters. The Bertz CT molecular complexity index is 444. The molecule has 18 heavy (non-hydrogen) atoms. The maximum absolute atomic E-state index is 6.37. The van der Waals surface area contributed by atoms with Crippen molar-refractivity contribution in [1.29, 1.82) is 0 Å². The second-order valence-electron chi connectivity index (χ2n) is 6.33. The third kappa shape index (κ3) is 1.93. The van der Waals surface area contributed by atoms with Crippen LogP contribution >= 0.6 is 0 Å². The van der Waals surface area contributed by atoms with Crippen LogP contribution in [0.3, 0.4) is 0 Å². The largest absolute Gasteiger partial charge is 0.487 e. The molecule has 2 N–H and O–H groups in total. The average molecular weight is 245 g/mol. The summed E-state index contributed by atoms with van der Waals surface area (Å²) in [6.07, 6.45) is 4.54. The van der Waals surface area contributed by atoms with Gasteiger partial charge in [0.15, 0.2) is 0 Å². The Morgan fingerprint density at radius 1 is 1.17 bits per heavy atom. The predicted octanol–water partition coefficient (Wildman–Crippen LogP) is 3.66. The van der Waals surface area contributed by atoms with Gasteiger partial charge in [0.2, 0.25) is 0 Å². The normalized spacial score (nSPS) is 39.2. The van der Waals surface area contributed by atoms with Crippen LogP contribution in [-0.4, -0.2) is 5.60 Å². The van der Waals surface area contributed by atoms with E-state index in [0.717, 1.165) is 36.8 Å². The second-order valence-corrected chi connectivity index (χ2v) is 6.33. The molecule has 2 heteroatoms. The first-order valence-corrected chi connectivity index (χ1v) is 7.13. The topological polar surface area (TPSA) is 35.2 Å². The quantitative estimate of drug-likeness (QED) is 0.757. The number of hydrogen-bond donors (Lipinski definition) is 1. The number of para-hydroxylation sites is 1. The minimum atomic E-state index is -0.000301. The molecule has 0 aromatic heterocycles. The van der Waals surface area contributed by atoms with Crippen molar-refractivity contribution in [3.05, 3.63) is 29.8 Å². The summed E-state index contributed by atoms with van der Waals surface area (Å²) in [6, 6.07) is 8.39. The SMILES string of the molecule is CC1CCC2(CC(N)c3ccccc3O2)CC1C. The van der Waals surface area contributed by atoms with Gasteiger partial charge in [-0.05, 0) is 37.2 Å². The van der Waals surface area contributed by atoms with Gasteiger partial charge in [-0.3, -0.25) is 0 Å². The summed E-state index contributed by atoms with van der Waals surface area (Å²) in [7, 11) is 0. The standard InChI is InChI=1S/C16H23NO/c1-11-7-8-16(9-12(11)2)10-14(17)13-5-3-4-6-15(13)18-16/h3-6,11-12,14H,7-10,17H2,1-2H3. The molecule has 1 aliphatic carbocycles. The fourth-order valence-corrected chi connectivity index (χ4v) is 3.61. The van der Waals surface area contributed by atoms with E-state index in [1.807, 2.05) is 12.1 Å². The molecule has 0 saturated heterocycles. The molecular weight excluding hydrogens is 222 g/mol. The second kappa shape index (κ2) is 4.27. The molecule has 4 unspecified atom stereocenters. The number of nitrogens with two attached hydrogens (primary N) is 1. The zero-order valence-corrected chi connectivity index (χ0v) is 11.4. The third-order valence-electron chi connectivity index (χ3n) is 4.96. The summed E-state index contributed by atoms with van der Waals surface area (Å²) in [4.78, 5) is 0. The van der Waals surface area contributed by atoms with E-state index in [0.29, 0.717) is 0 Å². The van der Waals surface area contributed by atoms with Gasteiger partial charge < -0.3 is 10.5 Å². The smallest absolute Gasteiger partial charge is 0.124 e. The molecule has 1 aromatic rings. The van der Waals surface area contributed by atoms with E-state index in [1.165, 1.54) is 12.0 Å². The van der Waals surface area contributed by atoms with Gasteiger partial charge in [0.1, 0.15) is 11.4 Å². The van der Waals surface area contributed by atoms with E-state index < -0.39 is 0 Å². The first-order valence-electron chi connectivity index (χ1n) is 7.13. The highest BCUT2D eigenvalue weighted by Crippen LogP contribution is 2.47. The monoisotopic (exact) mass is 245 g/mol. The third-order valence-corrected chi connectivity index (χ3v) is 4.96. The van der Waals surface area contributed by atoms with Crippen LogP contribution in [0.4, 0.5) is 0 Å². The molecule has 1 fully saturated rings. The molecule has 3 rings (SSSR count). The first-order chi connectivity index (χ1) is 8.60. The Kier molecular flexibility index (Phi) is 2.86. The minimum Gasteiger partial charge on any atom is -0.487 e. The highest BCUT2D eigenvalue weighted by molar-refractivity contribution is 5.38. The highest BCUT2D eigenvalue weighted by atomic mass is 16.5. The van der Waals surface area contributed by atoms with Crippen LogP contribution in [0, 0.1) is 11.8 Å². The van der Waals surface area contributed by atoms with Crippen LogP contribution < -0.4 is 10.5 Å². The van der Waals surface area contributed by atoms with Crippen LogP contribution in [0.25, 0.3) is 0 Å². The Morgan fingerprint density at radius 2 is 1.94 bits per heavy atom. The maximum atomic E-state index is 6.37. The van der Waals surface area contributed by atoms with Crippen molar-refractivity contribution < 1.29 is 4.74 Å². The fourth-order valence-electron chi connectivity index (χ4n) is 3.61. The van der Waals surface area contributed by atoms with Crippen molar-refractivity contribution in [2.45, 2.75) is 51.2 Å². The van der Waals surface area contributed by atoms with Crippen molar-refractivity contribution in [3.63, 3.8) is 0 Å². The molecule has 1 saturated carbocycles. The molecule has 0 amide bonds. The molecule has 1 spiro atoms. The molecule has 1 heterocycles. The fraction of sp³-hybridized carbons (Fsp3) is 0.625. The van der Waals surface area contributed by atoms with Crippen molar-refractivity contribution in [2.24, 2.45) is 17.6 Å². The van der Waals surface area contributed by atoms with E-state index >= 15 is 0 Å². The molecule has 0 radical (unpaired) electrons. The number of benzene rings is 1. The van der Waals surface area contributed by atoms with Gasteiger partial charge in [0.05, 0.1) is 0 Å². The number of ether oxygens (including phenoxy) is 1. The van der Waals surface area contributed by atoms with Gasteiger partial charge in [0.25, 0.3) is 0 Å². The Morgan fingerprint density at radius 3 is 2.72 bits per heavy atom. The lowest BCUT2D eigenvalue weighted by molar-refractivity contribution is -0.0287. The molecule has 98 valence electrons. The van der Waals surface area contributed by atoms with Gasteiger partial charge in [-0.15, -0.1) is 0 Å². The van der Waals surface area contributed by atoms with E-state index in [9.17, 15) is 0 Å². The summed E-state index contributed by atoms with van der Waals surface area (Å²) >= 11 is 0. The summed E-state index contributed by atoms with van der Waals surface area (Å²) < 4.78 is 6.37.